The molecule has 36 valence electrons. The number of hydrogen-bond acceptors (Lipinski definition) is 1. The molecule has 1 nitrogen and oxygen atoms in total. The topological polar surface area (TPSA) is 20.2 Å². The van der Waals surface area contributed by atoms with Crippen molar-refractivity contribution >= 4 is 0 Å². The van der Waals surface area contributed by atoms with Crippen LogP contribution in [0.1, 0.15) is 15.3 Å². The molecule has 0 aliphatic rings. The minimum Gasteiger partial charge on any atom is -1.00 e. The zero-order valence-corrected chi connectivity index (χ0v) is 7.56. The maximum atomic E-state index is 8.06. The summed E-state index contributed by atoms with van der Waals surface area (Å²) < 4.78 is 0. The van der Waals surface area contributed by atoms with Gasteiger partial charge in [-0.1, -0.05) is 0 Å². The van der Waals surface area contributed by atoms with E-state index in [0.717, 1.165) is 0 Å². The fourth-order valence-corrected chi connectivity index (χ4v) is 0. The Morgan fingerprint density at radius 1 is 1.50 bits per heavy atom. The third-order valence-electron chi connectivity index (χ3n) is 0. The predicted octanol–water partition coefficient (Wildman–Crippen LogP) is -2.34. The summed E-state index contributed by atoms with van der Waals surface area (Å²) in [4.78, 5) is 0. The molecule has 0 aromatic carbocycles. The van der Waals surface area contributed by atoms with Crippen molar-refractivity contribution in [3.63, 3.8) is 0 Å². The Labute approximate surface area is 81.4 Å². The van der Waals surface area contributed by atoms with Gasteiger partial charge in [0.15, 0.2) is 0 Å². The Morgan fingerprint density at radius 3 is 1.50 bits per heavy atom. The average Bonchev–Trinajstić information content (AvgIpc) is 0.811. The molecule has 0 saturated heterocycles. The molecule has 0 bridgehead atoms. The summed E-state index contributed by atoms with van der Waals surface area (Å²) in [6.07, 6.45) is -0.167. The van der Waals surface area contributed by atoms with Crippen LogP contribution < -0.4 is 51.4 Å². The maximum absolute atomic E-state index is 8.06. The Morgan fingerprint density at radius 2 is 1.50 bits per heavy atom. The SMILES string of the molecule is CC(C)O.F.[H-].[K+]. The number of rotatable bonds is 0. The van der Waals surface area contributed by atoms with Crippen molar-refractivity contribution in [3.05, 3.63) is 0 Å². The van der Waals surface area contributed by atoms with Crippen molar-refractivity contribution in [3.8, 4) is 0 Å². The van der Waals surface area contributed by atoms with E-state index in [9.17, 15) is 0 Å². The molecule has 0 unspecified atom stereocenters. The van der Waals surface area contributed by atoms with Crippen molar-refractivity contribution in [2.75, 3.05) is 0 Å². The fraction of sp³-hybridized carbons (Fsp3) is 1.00. The van der Waals surface area contributed by atoms with Gasteiger partial charge in [-0.3, -0.25) is 4.70 Å². The van der Waals surface area contributed by atoms with Gasteiger partial charge >= 0.3 is 51.4 Å². The molecule has 0 radical (unpaired) electrons. The summed E-state index contributed by atoms with van der Waals surface area (Å²) in [5.74, 6) is 0. The number of aliphatic hydroxyl groups is 1. The maximum Gasteiger partial charge on any atom is 1.00 e. The van der Waals surface area contributed by atoms with Gasteiger partial charge in [0.05, 0.1) is 0 Å². The predicted molar refractivity (Wildman–Crippen MR) is 21.0 cm³/mol. The van der Waals surface area contributed by atoms with Crippen LogP contribution in [-0.4, -0.2) is 11.2 Å². The molecule has 0 fully saturated rings. The molecule has 0 heterocycles. The van der Waals surface area contributed by atoms with Crippen LogP contribution >= 0.6 is 0 Å². The first-order valence-corrected chi connectivity index (χ1v) is 1.41. The van der Waals surface area contributed by atoms with Crippen molar-refractivity contribution in [2.45, 2.75) is 20.0 Å². The van der Waals surface area contributed by atoms with E-state index in [2.05, 4.69) is 0 Å². The molecule has 0 amide bonds. The molecular formula is C3H10FKO. The molecule has 0 aromatic rings. The molecule has 0 spiro atoms. The van der Waals surface area contributed by atoms with Crippen molar-refractivity contribution in [2.24, 2.45) is 0 Å². The summed E-state index contributed by atoms with van der Waals surface area (Å²) in [6, 6.07) is 0. The Balaban J connectivity index is -0.0000000150. The van der Waals surface area contributed by atoms with Gasteiger partial charge in [-0.15, -0.1) is 0 Å². The van der Waals surface area contributed by atoms with Crippen LogP contribution in [0.15, 0.2) is 0 Å². The molecule has 6 heavy (non-hydrogen) atoms. The van der Waals surface area contributed by atoms with E-state index in [1.807, 2.05) is 0 Å². The first kappa shape index (κ1) is 15.6. The van der Waals surface area contributed by atoms with E-state index < -0.39 is 0 Å². The van der Waals surface area contributed by atoms with Gasteiger partial charge in [0.25, 0.3) is 0 Å². The van der Waals surface area contributed by atoms with Gasteiger partial charge < -0.3 is 6.53 Å². The molecule has 0 aromatic heterocycles. The zero-order valence-electron chi connectivity index (χ0n) is 5.43. The van der Waals surface area contributed by atoms with Crippen LogP contribution in [0, 0.1) is 0 Å². The van der Waals surface area contributed by atoms with E-state index in [0.29, 0.717) is 0 Å². The molecule has 0 aliphatic heterocycles. The summed E-state index contributed by atoms with van der Waals surface area (Å²) in [7, 11) is 0. The molecule has 0 aliphatic carbocycles. The van der Waals surface area contributed by atoms with Crippen LogP contribution in [0.3, 0.4) is 0 Å². The fourth-order valence-electron chi connectivity index (χ4n) is 0. The van der Waals surface area contributed by atoms with E-state index in [1.165, 1.54) is 0 Å². The van der Waals surface area contributed by atoms with E-state index in [1.54, 1.807) is 13.8 Å². The molecule has 0 saturated carbocycles. The van der Waals surface area contributed by atoms with Gasteiger partial charge in [0, 0.05) is 6.10 Å². The summed E-state index contributed by atoms with van der Waals surface area (Å²) in [5, 5.41) is 8.06. The largest absolute Gasteiger partial charge is 1.00 e. The van der Waals surface area contributed by atoms with Crippen LogP contribution in [0.5, 0.6) is 0 Å². The second-order valence-corrected chi connectivity index (χ2v) is 1.09. The van der Waals surface area contributed by atoms with Gasteiger partial charge in [-0.2, -0.15) is 0 Å². The summed E-state index contributed by atoms with van der Waals surface area (Å²) in [6.45, 7) is 3.44. The molecule has 0 atom stereocenters. The van der Waals surface area contributed by atoms with Gasteiger partial charge in [0.2, 0.25) is 0 Å². The van der Waals surface area contributed by atoms with Crippen molar-refractivity contribution in [1.82, 2.24) is 0 Å². The average molecular weight is 120 g/mol. The first-order valence-electron chi connectivity index (χ1n) is 1.41. The van der Waals surface area contributed by atoms with Crippen LogP contribution in [0.25, 0.3) is 0 Å². The van der Waals surface area contributed by atoms with Crippen molar-refractivity contribution in [1.29, 1.82) is 0 Å². The summed E-state index contributed by atoms with van der Waals surface area (Å²) in [5.41, 5.74) is 0. The third-order valence-corrected chi connectivity index (χ3v) is 0. The second kappa shape index (κ2) is 9.73. The normalized spacial score (nSPS) is 6.00. The van der Waals surface area contributed by atoms with Crippen molar-refractivity contribution < 1.29 is 62.6 Å². The van der Waals surface area contributed by atoms with E-state index >= 15 is 0 Å². The van der Waals surface area contributed by atoms with Gasteiger partial charge in [-0.05, 0) is 13.8 Å². The monoisotopic (exact) mass is 120 g/mol. The number of hydrogen-bond donors (Lipinski definition) is 1. The van der Waals surface area contributed by atoms with E-state index in [-0.39, 0.29) is 63.6 Å². The van der Waals surface area contributed by atoms with Crippen LogP contribution in [0.2, 0.25) is 0 Å². The number of aliphatic hydroxyl groups excluding tert-OH is 1. The Kier molecular flexibility index (Phi) is 25.4. The smallest absolute Gasteiger partial charge is 1.00 e. The standard InChI is InChI=1S/C3H8O.FH.K.H/c1-3(2)4;;;/h3-4H,1-2H3;1H;;/q;;+1;-1. The molecular weight excluding hydrogens is 110 g/mol. The molecule has 3 heteroatoms. The Hall–Kier alpha value is 1.53. The molecule has 1 N–H and O–H groups in total. The van der Waals surface area contributed by atoms with Gasteiger partial charge in [0.1, 0.15) is 0 Å². The Bertz CT molecular complexity index is 19.7. The minimum absolute atomic E-state index is 0. The second-order valence-electron chi connectivity index (χ2n) is 1.09. The summed E-state index contributed by atoms with van der Waals surface area (Å²) >= 11 is 0. The molecule has 0 rings (SSSR count). The third kappa shape index (κ3) is 48.6. The van der Waals surface area contributed by atoms with Gasteiger partial charge in [-0.25, -0.2) is 0 Å². The quantitative estimate of drug-likeness (QED) is 0.355. The number of halogens is 1. The van der Waals surface area contributed by atoms with Crippen LogP contribution in [-0.2, 0) is 0 Å². The zero-order chi connectivity index (χ0) is 3.58. The first-order chi connectivity index (χ1) is 1.73. The minimum atomic E-state index is -0.167. The van der Waals surface area contributed by atoms with Crippen LogP contribution in [0.4, 0.5) is 4.70 Å². The van der Waals surface area contributed by atoms with E-state index in [4.69, 9.17) is 5.11 Å².